The molecule has 1 heterocycles. The van der Waals surface area contributed by atoms with Crippen LogP contribution in [0.5, 0.6) is 17.2 Å². The van der Waals surface area contributed by atoms with Gasteiger partial charge in [-0.15, -0.1) is 0 Å². The Morgan fingerprint density at radius 1 is 0.903 bits per heavy atom. The van der Waals surface area contributed by atoms with E-state index in [0.717, 1.165) is 5.56 Å². The van der Waals surface area contributed by atoms with Crippen LogP contribution in [0.1, 0.15) is 5.56 Å². The molecular weight excluding hydrogens is 416 g/mol. The highest BCUT2D eigenvalue weighted by atomic mass is 35.5. The Morgan fingerprint density at radius 2 is 1.61 bits per heavy atom. The molecule has 0 aliphatic rings. The van der Waals surface area contributed by atoms with Crippen LogP contribution in [-0.2, 0) is 6.54 Å². The highest BCUT2D eigenvalue weighted by Crippen LogP contribution is 2.40. The quantitative estimate of drug-likeness (QED) is 0.435. The second-order valence-corrected chi connectivity index (χ2v) is 7.32. The molecular formula is C24H21ClN2O4. The lowest BCUT2D eigenvalue weighted by Gasteiger charge is -2.17. The summed E-state index contributed by atoms with van der Waals surface area (Å²) in [6, 6.07) is 18.3. The molecule has 158 valence electrons. The number of hydrogen-bond donors (Lipinski definition) is 0. The fraction of sp³-hybridized carbons (Fsp3) is 0.167. The molecule has 6 nitrogen and oxygen atoms in total. The van der Waals surface area contributed by atoms with Crippen molar-refractivity contribution < 1.29 is 14.2 Å². The third-order valence-corrected chi connectivity index (χ3v) is 5.25. The number of halogens is 1. The first-order chi connectivity index (χ1) is 15.0. The van der Waals surface area contributed by atoms with E-state index in [4.69, 9.17) is 30.8 Å². The zero-order chi connectivity index (χ0) is 22.0. The van der Waals surface area contributed by atoms with E-state index in [1.54, 1.807) is 50.2 Å². The van der Waals surface area contributed by atoms with Crippen molar-refractivity contribution >= 4 is 22.5 Å². The predicted molar refractivity (Wildman–Crippen MR) is 122 cm³/mol. The summed E-state index contributed by atoms with van der Waals surface area (Å²) in [6.07, 6.45) is 0. The Labute approximate surface area is 184 Å². The number of nitrogens with zero attached hydrogens (tertiary/aromatic N) is 2. The molecule has 7 heteroatoms. The largest absolute Gasteiger partial charge is 0.493 e. The van der Waals surface area contributed by atoms with E-state index in [2.05, 4.69) is 0 Å². The maximum Gasteiger partial charge on any atom is 0.261 e. The average Bonchev–Trinajstić information content (AvgIpc) is 2.79. The molecule has 0 amide bonds. The van der Waals surface area contributed by atoms with Gasteiger partial charge in [0, 0.05) is 10.6 Å². The summed E-state index contributed by atoms with van der Waals surface area (Å²) in [5.41, 5.74) is 2.02. The van der Waals surface area contributed by atoms with Crippen molar-refractivity contribution in [2.24, 2.45) is 0 Å². The van der Waals surface area contributed by atoms with Crippen molar-refractivity contribution in [3.63, 3.8) is 0 Å². The van der Waals surface area contributed by atoms with E-state index in [1.165, 1.54) is 0 Å². The van der Waals surface area contributed by atoms with Gasteiger partial charge in [0.2, 0.25) is 5.75 Å². The standard InChI is InChI=1S/C24H21ClN2O4/c1-29-20-12-16(13-21(30-2)22(20)31-3)23-26-19-10-5-4-9-18(19)24(28)27(23)14-15-7-6-8-17(25)11-15/h4-13H,14H2,1-3H3. The van der Waals surface area contributed by atoms with Crippen LogP contribution in [0.25, 0.3) is 22.3 Å². The van der Waals surface area contributed by atoms with Gasteiger partial charge in [-0.2, -0.15) is 0 Å². The summed E-state index contributed by atoms with van der Waals surface area (Å²) >= 11 is 6.17. The molecule has 0 aliphatic carbocycles. The first-order valence-corrected chi connectivity index (χ1v) is 9.98. The number of rotatable bonds is 6. The van der Waals surface area contributed by atoms with E-state index in [9.17, 15) is 4.79 Å². The predicted octanol–water partition coefficient (Wildman–Crippen LogP) is 4.79. The summed E-state index contributed by atoms with van der Waals surface area (Å²) in [6.45, 7) is 0.309. The summed E-state index contributed by atoms with van der Waals surface area (Å²) < 4.78 is 18.1. The molecule has 0 fully saturated rings. The first-order valence-electron chi connectivity index (χ1n) is 9.60. The number of methoxy groups -OCH3 is 3. The lowest BCUT2D eigenvalue weighted by atomic mass is 10.1. The number of aromatic nitrogens is 2. The van der Waals surface area contributed by atoms with Crippen LogP contribution in [0.15, 0.2) is 65.5 Å². The van der Waals surface area contributed by atoms with Gasteiger partial charge in [0.15, 0.2) is 11.5 Å². The smallest absolute Gasteiger partial charge is 0.261 e. The minimum Gasteiger partial charge on any atom is -0.493 e. The van der Waals surface area contributed by atoms with Gasteiger partial charge >= 0.3 is 0 Å². The Bertz CT molecular complexity index is 1290. The van der Waals surface area contributed by atoms with E-state index in [-0.39, 0.29) is 5.56 Å². The Kier molecular flexibility index (Phi) is 5.82. The zero-order valence-corrected chi connectivity index (χ0v) is 18.1. The van der Waals surface area contributed by atoms with Crippen LogP contribution in [0.2, 0.25) is 5.02 Å². The number of para-hydroxylation sites is 1. The lowest BCUT2D eigenvalue weighted by molar-refractivity contribution is 0.324. The minimum absolute atomic E-state index is 0.144. The fourth-order valence-corrected chi connectivity index (χ4v) is 3.78. The molecule has 0 radical (unpaired) electrons. The summed E-state index contributed by atoms with van der Waals surface area (Å²) in [5, 5.41) is 1.15. The molecule has 1 aromatic heterocycles. The van der Waals surface area contributed by atoms with Gasteiger partial charge in [-0.3, -0.25) is 9.36 Å². The Balaban J connectivity index is 2.00. The van der Waals surface area contributed by atoms with Gasteiger partial charge in [0.1, 0.15) is 5.82 Å². The van der Waals surface area contributed by atoms with E-state index in [0.29, 0.717) is 51.1 Å². The molecule has 0 unspecified atom stereocenters. The molecule has 0 aliphatic heterocycles. The monoisotopic (exact) mass is 436 g/mol. The highest BCUT2D eigenvalue weighted by molar-refractivity contribution is 6.30. The van der Waals surface area contributed by atoms with E-state index < -0.39 is 0 Å². The highest BCUT2D eigenvalue weighted by Gasteiger charge is 2.19. The molecule has 0 bridgehead atoms. The van der Waals surface area contributed by atoms with Crippen molar-refractivity contribution in [1.29, 1.82) is 0 Å². The number of fused-ring (bicyclic) bond motifs is 1. The number of benzene rings is 3. The Hall–Kier alpha value is -3.51. The second-order valence-electron chi connectivity index (χ2n) is 6.89. The molecule has 4 aromatic rings. The van der Waals surface area contributed by atoms with Crippen LogP contribution in [0.3, 0.4) is 0 Å². The fourth-order valence-electron chi connectivity index (χ4n) is 3.56. The second kappa shape index (κ2) is 8.70. The van der Waals surface area contributed by atoms with Crippen LogP contribution in [0.4, 0.5) is 0 Å². The van der Waals surface area contributed by atoms with Crippen LogP contribution < -0.4 is 19.8 Å². The molecule has 0 atom stereocenters. The molecule has 4 rings (SSSR count). The van der Waals surface area contributed by atoms with Crippen molar-refractivity contribution in [3.05, 3.63) is 81.6 Å². The van der Waals surface area contributed by atoms with Crippen LogP contribution in [0, 0.1) is 0 Å². The van der Waals surface area contributed by atoms with Crippen molar-refractivity contribution in [2.75, 3.05) is 21.3 Å². The van der Waals surface area contributed by atoms with Crippen LogP contribution in [-0.4, -0.2) is 30.9 Å². The topological polar surface area (TPSA) is 62.6 Å². The van der Waals surface area contributed by atoms with E-state index >= 15 is 0 Å². The maximum absolute atomic E-state index is 13.4. The molecule has 3 aromatic carbocycles. The summed E-state index contributed by atoms with van der Waals surface area (Å²) in [7, 11) is 4.64. The van der Waals surface area contributed by atoms with Gasteiger partial charge < -0.3 is 14.2 Å². The Morgan fingerprint density at radius 3 is 2.26 bits per heavy atom. The molecule has 0 N–H and O–H groups in total. The van der Waals surface area contributed by atoms with Gasteiger partial charge in [-0.25, -0.2) is 4.98 Å². The van der Waals surface area contributed by atoms with Crippen LogP contribution >= 0.6 is 11.6 Å². The summed E-state index contributed by atoms with van der Waals surface area (Å²) in [4.78, 5) is 18.3. The van der Waals surface area contributed by atoms with Gasteiger partial charge in [-0.05, 0) is 42.0 Å². The first kappa shape index (κ1) is 20.8. The normalized spacial score (nSPS) is 10.8. The SMILES string of the molecule is COc1cc(-c2nc3ccccc3c(=O)n2Cc2cccc(Cl)c2)cc(OC)c1OC. The lowest BCUT2D eigenvalue weighted by Crippen LogP contribution is -2.24. The number of ether oxygens (including phenoxy) is 3. The molecule has 31 heavy (non-hydrogen) atoms. The van der Waals surface area contributed by atoms with E-state index in [1.807, 2.05) is 36.4 Å². The molecule has 0 saturated heterocycles. The minimum atomic E-state index is -0.144. The number of hydrogen-bond acceptors (Lipinski definition) is 5. The average molecular weight is 437 g/mol. The zero-order valence-electron chi connectivity index (χ0n) is 17.4. The van der Waals surface area contributed by atoms with Crippen molar-refractivity contribution in [2.45, 2.75) is 6.54 Å². The van der Waals surface area contributed by atoms with Crippen molar-refractivity contribution in [1.82, 2.24) is 9.55 Å². The van der Waals surface area contributed by atoms with Gasteiger partial charge in [0.05, 0.1) is 38.8 Å². The van der Waals surface area contributed by atoms with Crippen molar-refractivity contribution in [3.8, 4) is 28.6 Å². The third kappa shape index (κ3) is 3.94. The molecule has 0 spiro atoms. The maximum atomic E-state index is 13.4. The summed E-state index contributed by atoms with van der Waals surface area (Å²) in [5.74, 6) is 1.92. The van der Waals surface area contributed by atoms with Gasteiger partial charge in [0.25, 0.3) is 5.56 Å². The molecule has 0 saturated carbocycles. The van der Waals surface area contributed by atoms with Gasteiger partial charge in [-0.1, -0.05) is 35.9 Å². The third-order valence-electron chi connectivity index (χ3n) is 5.01.